The highest BCUT2D eigenvalue weighted by Gasteiger charge is 2.17. The third-order valence-corrected chi connectivity index (χ3v) is 3.99. The summed E-state index contributed by atoms with van der Waals surface area (Å²) in [5.41, 5.74) is 1.90. The maximum atomic E-state index is 12.2. The number of hydrogen-bond acceptors (Lipinski definition) is 4. The number of para-hydroxylation sites is 1. The van der Waals surface area contributed by atoms with Gasteiger partial charge in [-0.25, -0.2) is 0 Å². The second-order valence-electron chi connectivity index (χ2n) is 5.38. The Morgan fingerprint density at radius 1 is 1.35 bits per heavy atom. The Morgan fingerprint density at radius 3 is 3.00 bits per heavy atom. The number of anilines is 2. The zero-order valence-corrected chi connectivity index (χ0v) is 13.3. The van der Waals surface area contributed by atoms with Gasteiger partial charge in [0.1, 0.15) is 5.69 Å². The van der Waals surface area contributed by atoms with Crippen LogP contribution in [0.25, 0.3) is 0 Å². The van der Waals surface area contributed by atoms with Crippen LogP contribution in [0.15, 0.2) is 42.6 Å². The fraction of sp³-hybridized carbons (Fsp3) is 0.294. The first-order valence-electron chi connectivity index (χ1n) is 7.60. The molecule has 1 aromatic carbocycles. The Labute approximate surface area is 140 Å². The molecule has 0 aliphatic carbocycles. The van der Waals surface area contributed by atoms with E-state index in [-0.39, 0.29) is 12.0 Å². The zero-order chi connectivity index (χ0) is 16.1. The van der Waals surface area contributed by atoms with Crippen LogP contribution in [0, 0.1) is 0 Å². The van der Waals surface area contributed by atoms with E-state index in [9.17, 15) is 4.79 Å². The Balaban J connectivity index is 1.64. The van der Waals surface area contributed by atoms with E-state index in [1.165, 1.54) is 0 Å². The molecule has 5 nitrogen and oxygen atoms in total. The first-order valence-corrected chi connectivity index (χ1v) is 7.97. The van der Waals surface area contributed by atoms with Gasteiger partial charge in [0, 0.05) is 25.0 Å². The van der Waals surface area contributed by atoms with E-state index in [1.54, 1.807) is 24.4 Å². The van der Waals surface area contributed by atoms with Crippen LogP contribution in [-0.4, -0.2) is 30.1 Å². The molecule has 0 bridgehead atoms. The number of ether oxygens (including phenoxy) is 1. The molecule has 1 saturated heterocycles. The number of benzene rings is 1. The van der Waals surface area contributed by atoms with Gasteiger partial charge in [-0.15, -0.1) is 0 Å². The van der Waals surface area contributed by atoms with Gasteiger partial charge in [-0.3, -0.25) is 9.78 Å². The summed E-state index contributed by atoms with van der Waals surface area (Å²) in [5.74, 6) is -0.205. The molecule has 23 heavy (non-hydrogen) atoms. The number of pyridine rings is 1. The summed E-state index contributed by atoms with van der Waals surface area (Å²) in [5, 5.41) is 6.67. The predicted molar refractivity (Wildman–Crippen MR) is 90.3 cm³/mol. The second kappa shape index (κ2) is 7.44. The van der Waals surface area contributed by atoms with Crippen molar-refractivity contribution < 1.29 is 9.53 Å². The van der Waals surface area contributed by atoms with Crippen molar-refractivity contribution in [1.29, 1.82) is 0 Å². The largest absolute Gasteiger partial charge is 0.376 e. The summed E-state index contributed by atoms with van der Waals surface area (Å²) in [7, 11) is 0. The van der Waals surface area contributed by atoms with E-state index < -0.39 is 0 Å². The summed E-state index contributed by atoms with van der Waals surface area (Å²) in [4.78, 5) is 16.3. The van der Waals surface area contributed by atoms with Gasteiger partial charge in [0.2, 0.25) is 0 Å². The normalized spacial score (nSPS) is 17.0. The van der Waals surface area contributed by atoms with Crippen molar-refractivity contribution in [3.05, 3.63) is 53.3 Å². The number of rotatable bonds is 5. The molecule has 1 aliphatic rings. The number of hydrogen-bond donors (Lipinski definition) is 2. The maximum Gasteiger partial charge on any atom is 0.270 e. The highest BCUT2D eigenvalue weighted by atomic mass is 35.5. The van der Waals surface area contributed by atoms with Gasteiger partial charge in [0.05, 0.1) is 16.8 Å². The van der Waals surface area contributed by atoms with Crippen molar-refractivity contribution in [2.45, 2.75) is 18.9 Å². The summed E-state index contributed by atoms with van der Waals surface area (Å²) in [6.45, 7) is 1.29. The van der Waals surface area contributed by atoms with Crippen LogP contribution in [0.4, 0.5) is 11.4 Å². The van der Waals surface area contributed by atoms with Crippen LogP contribution < -0.4 is 10.6 Å². The molecule has 1 amide bonds. The first kappa shape index (κ1) is 15.8. The minimum Gasteiger partial charge on any atom is -0.376 e. The van der Waals surface area contributed by atoms with Crippen LogP contribution in [0.5, 0.6) is 0 Å². The predicted octanol–water partition coefficient (Wildman–Crippen LogP) is 3.39. The summed E-state index contributed by atoms with van der Waals surface area (Å²) >= 11 is 6.13. The molecule has 2 aromatic rings. The Kier molecular flexibility index (Phi) is 5.10. The topological polar surface area (TPSA) is 63.2 Å². The van der Waals surface area contributed by atoms with Gasteiger partial charge in [-0.05, 0) is 37.1 Å². The molecular weight excluding hydrogens is 314 g/mol. The molecule has 6 heteroatoms. The monoisotopic (exact) mass is 331 g/mol. The molecule has 2 N–H and O–H groups in total. The molecular formula is C17H18ClN3O2. The summed E-state index contributed by atoms with van der Waals surface area (Å²) < 4.78 is 5.49. The quantitative estimate of drug-likeness (QED) is 0.881. The van der Waals surface area contributed by atoms with Crippen molar-refractivity contribution >= 4 is 28.9 Å². The van der Waals surface area contributed by atoms with E-state index in [0.717, 1.165) is 30.8 Å². The summed E-state index contributed by atoms with van der Waals surface area (Å²) in [6.07, 6.45) is 3.75. The van der Waals surface area contributed by atoms with Crippen LogP contribution in [-0.2, 0) is 4.74 Å². The molecule has 0 saturated carbocycles. The van der Waals surface area contributed by atoms with E-state index in [2.05, 4.69) is 15.6 Å². The van der Waals surface area contributed by atoms with Gasteiger partial charge in [0.25, 0.3) is 5.91 Å². The molecule has 1 aromatic heterocycles. The van der Waals surface area contributed by atoms with Crippen LogP contribution in [0.1, 0.15) is 23.3 Å². The Hall–Kier alpha value is -2.11. The molecule has 3 rings (SSSR count). The smallest absolute Gasteiger partial charge is 0.270 e. The van der Waals surface area contributed by atoms with Crippen LogP contribution >= 0.6 is 11.6 Å². The van der Waals surface area contributed by atoms with Gasteiger partial charge >= 0.3 is 0 Å². The van der Waals surface area contributed by atoms with Crippen molar-refractivity contribution in [1.82, 2.24) is 10.3 Å². The van der Waals surface area contributed by atoms with Crippen molar-refractivity contribution in [2.24, 2.45) is 0 Å². The molecule has 1 unspecified atom stereocenters. The van der Waals surface area contributed by atoms with Crippen molar-refractivity contribution in [3.63, 3.8) is 0 Å². The lowest BCUT2D eigenvalue weighted by Gasteiger charge is -2.12. The fourth-order valence-electron chi connectivity index (χ4n) is 2.45. The number of carbonyl (C=O) groups excluding carboxylic acids is 1. The lowest BCUT2D eigenvalue weighted by molar-refractivity contribution is 0.0854. The summed E-state index contributed by atoms with van der Waals surface area (Å²) in [6, 6.07) is 10.9. The molecule has 120 valence electrons. The molecule has 1 aliphatic heterocycles. The third kappa shape index (κ3) is 4.21. The van der Waals surface area contributed by atoms with Gasteiger partial charge in [-0.1, -0.05) is 23.7 Å². The van der Waals surface area contributed by atoms with Crippen molar-refractivity contribution in [3.8, 4) is 0 Å². The SMILES string of the molecule is O=C(NCC1CCCO1)c1cc(Nc2ccccc2Cl)ccn1. The highest BCUT2D eigenvalue weighted by molar-refractivity contribution is 6.33. The van der Waals surface area contributed by atoms with E-state index >= 15 is 0 Å². The molecule has 2 heterocycles. The average molecular weight is 332 g/mol. The van der Waals surface area contributed by atoms with Gasteiger partial charge in [-0.2, -0.15) is 0 Å². The molecule has 0 spiro atoms. The van der Waals surface area contributed by atoms with Crippen molar-refractivity contribution in [2.75, 3.05) is 18.5 Å². The third-order valence-electron chi connectivity index (χ3n) is 3.66. The number of nitrogens with one attached hydrogen (secondary N) is 2. The Morgan fingerprint density at radius 2 is 2.22 bits per heavy atom. The first-order chi connectivity index (χ1) is 11.2. The van der Waals surface area contributed by atoms with Gasteiger partial charge in [0.15, 0.2) is 0 Å². The Bertz CT molecular complexity index is 687. The van der Waals surface area contributed by atoms with Gasteiger partial charge < -0.3 is 15.4 Å². The standard InChI is InChI=1S/C17H18ClN3O2/c18-14-5-1-2-6-15(14)21-12-7-8-19-16(10-12)17(22)20-11-13-4-3-9-23-13/h1-2,5-8,10,13H,3-4,9,11H2,(H,19,21)(H,20,22). The van der Waals surface area contributed by atoms with Crippen LogP contribution in [0.2, 0.25) is 5.02 Å². The fourth-order valence-corrected chi connectivity index (χ4v) is 2.64. The van der Waals surface area contributed by atoms with E-state index in [0.29, 0.717) is 17.3 Å². The number of amides is 1. The number of nitrogens with zero attached hydrogens (tertiary/aromatic N) is 1. The second-order valence-corrected chi connectivity index (χ2v) is 5.79. The zero-order valence-electron chi connectivity index (χ0n) is 12.6. The number of aromatic nitrogens is 1. The van der Waals surface area contributed by atoms with Crippen LogP contribution in [0.3, 0.4) is 0 Å². The number of carbonyl (C=O) groups is 1. The lowest BCUT2D eigenvalue weighted by atomic mass is 10.2. The minimum atomic E-state index is -0.205. The molecule has 1 fully saturated rings. The highest BCUT2D eigenvalue weighted by Crippen LogP contribution is 2.24. The number of halogens is 1. The molecule has 1 atom stereocenters. The van der Waals surface area contributed by atoms with E-state index in [4.69, 9.17) is 16.3 Å². The lowest BCUT2D eigenvalue weighted by Crippen LogP contribution is -2.32. The minimum absolute atomic E-state index is 0.114. The maximum absolute atomic E-state index is 12.2. The average Bonchev–Trinajstić information content (AvgIpc) is 3.08. The van der Waals surface area contributed by atoms with E-state index in [1.807, 2.05) is 18.2 Å². The molecule has 0 radical (unpaired) electrons.